The number of carbonyl (C=O) groups is 1. The number of thiophene rings is 1. The quantitative estimate of drug-likeness (QED) is 0.880. The van der Waals surface area contributed by atoms with Gasteiger partial charge in [-0.15, -0.1) is 11.3 Å². The first-order valence-electron chi connectivity index (χ1n) is 6.83. The van der Waals surface area contributed by atoms with Crippen molar-refractivity contribution in [3.8, 4) is 0 Å². The van der Waals surface area contributed by atoms with Gasteiger partial charge in [0.1, 0.15) is 0 Å². The Morgan fingerprint density at radius 2 is 2.22 bits per heavy atom. The maximum absolute atomic E-state index is 11.4. The molecule has 0 bridgehead atoms. The van der Waals surface area contributed by atoms with Gasteiger partial charge in [0.05, 0.1) is 0 Å². The summed E-state index contributed by atoms with van der Waals surface area (Å²) >= 11 is 1.81. The van der Waals surface area contributed by atoms with Gasteiger partial charge in [-0.25, -0.2) is 0 Å². The molecule has 3 rings (SSSR count). The van der Waals surface area contributed by atoms with E-state index in [9.17, 15) is 4.79 Å². The van der Waals surface area contributed by atoms with Crippen LogP contribution in [0.2, 0.25) is 0 Å². The maximum Gasteiger partial charge on any atom is 0.220 e. The topological polar surface area (TPSA) is 41.1 Å². The van der Waals surface area contributed by atoms with Crippen LogP contribution < -0.4 is 10.6 Å². The van der Waals surface area contributed by atoms with Crippen molar-refractivity contribution in [2.45, 2.75) is 56.7 Å². The van der Waals surface area contributed by atoms with Crippen molar-refractivity contribution in [1.82, 2.24) is 10.6 Å². The van der Waals surface area contributed by atoms with Crippen molar-refractivity contribution in [3.63, 3.8) is 0 Å². The van der Waals surface area contributed by atoms with E-state index in [4.69, 9.17) is 0 Å². The summed E-state index contributed by atoms with van der Waals surface area (Å²) in [6, 6.07) is 4.90. The van der Waals surface area contributed by atoms with E-state index in [0.29, 0.717) is 6.04 Å². The van der Waals surface area contributed by atoms with Crippen LogP contribution in [0.3, 0.4) is 0 Å². The lowest BCUT2D eigenvalue weighted by Gasteiger charge is -2.37. The van der Waals surface area contributed by atoms with Crippen molar-refractivity contribution < 1.29 is 4.79 Å². The number of amides is 1. The van der Waals surface area contributed by atoms with E-state index in [1.807, 2.05) is 11.3 Å². The lowest BCUT2D eigenvalue weighted by Crippen LogP contribution is -2.47. The maximum atomic E-state index is 11.4. The molecule has 2 heterocycles. The summed E-state index contributed by atoms with van der Waals surface area (Å²) < 4.78 is 0. The summed E-state index contributed by atoms with van der Waals surface area (Å²) in [4.78, 5) is 12.8. The van der Waals surface area contributed by atoms with Crippen LogP contribution >= 0.6 is 11.3 Å². The number of hydrogen-bond acceptors (Lipinski definition) is 3. The second-order valence-corrected chi connectivity index (χ2v) is 6.60. The van der Waals surface area contributed by atoms with Gasteiger partial charge in [-0.3, -0.25) is 4.79 Å². The molecule has 0 unspecified atom stereocenters. The Hall–Kier alpha value is -0.870. The Balaban J connectivity index is 1.47. The van der Waals surface area contributed by atoms with Crippen LogP contribution in [0, 0.1) is 0 Å². The zero-order chi connectivity index (χ0) is 12.4. The molecule has 1 aromatic heterocycles. The van der Waals surface area contributed by atoms with E-state index < -0.39 is 0 Å². The third kappa shape index (κ3) is 2.59. The van der Waals surface area contributed by atoms with Crippen molar-refractivity contribution in [1.29, 1.82) is 0 Å². The molecule has 1 aliphatic carbocycles. The largest absolute Gasteiger partial charge is 0.351 e. The normalized spacial score (nSPS) is 31.8. The summed E-state index contributed by atoms with van der Waals surface area (Å²) in [7, 11) is 0. The van der Waals surface area contributed by atoms with Crippen LogP contribution in [0.15, 0.2) is 17.5 Å². The Labute approximate surface area is 112 Å². The molecular formula is C14H20N2OS. The van der Waals surface area contributed by atoms with Gasteiger partial charge in [0, 0.05) is 29.4 Å². The van der Waals surface area contributed by atoms with Crippen molar-refractivity contribution in [2.24, 2.45) is 0 Å². The van der Waals surface area contributed by atoms with E-state index in [0.717, 1.165) is 32.2 Å². The Bertz CT molecular complexity index is 407. The first-order chi connectivity index (χ1) is 8.76. The van der Waals surface area contributed by atoms with E-state index >= 15 is 0 Å². The van der Waals surface area contributed by atoms with E-state index in [2.05, 4.69) is 28.1 Å². The summed E-state index contributed by atoms with van der Waals surface area (Å²) in [5.74, 6) is 0.250. The molecule has 1 spiro atoms. The van der Waals surface area contributed by atoms with Crippen molar-refractivity contribution >= 4 is 17.2 Å². The van der Waals surface area contributed by atoms with Gasteiger partial charge < -0.3 is 10.6 Å². The molecular weight excluding hydrogens is 244 g/mol. The molecule has 2 aliphatic rings. The van der Waals surface area contributed by atoms with Crippen LogP contribution in [0.1, 0.15) is 43.4 Å². The SMILES string of the molecule is O=C1CCC2(CCC(NCc3cccs3)CC2)N1. The number of rotatable bonds is 3. The highest BCUT2D eigenvalue weighted by atomic mass is 32.1. The van der Waals surface area contributed by atoms with Crippen molar-refractivity contribution in [2.75, 3.05) is 0 Å². The third-order valence-corrected chi connectivity index (χ3v) is 5.20. The monoisotopic (exact) mass is 264 g/mol. The Morgan fingerprint density at radius 1 is 1.39 bits per heavy atom. The average molecular weight is 264 g/mol. The minimum atomic E-state index is 0.151. The molecule has 2 fully saturated rings. The highest BCUT2D eigenvalue weighted by molar-refractivity contribution is 7.09. The lowest BCUT2D eigenvalue weighted by molar-refractivity contribution is -0.120. The second kappa shape index (κ2) is 5.02. The highest BCUT2D eigenvalue weighted by Gasteiger charge is 2.40. The molecule has 0 aromatic carbocycles. The number of carbonyl (C=O) groups excluding carboxylic acids is 1. The molecule has 4 heteroatoms. The fourth-order valence-corrected chi connectivity index (χ4v) is 3.84. The second-order valence-electron chi connectivity index (χ2n) is 5.56. The van der Waals surface area contributed by atoms with Gasteiger partial charge in [0.25, 0.3) is 0 Å². The molecule has 0 radical (unpaired) electrons. The van der Waals surface area contributed by atoms with Gasteiger partial charge in [0.15, 0.2) is 0 Å². The zero-order valence-corrected chi connectivity index (χ0v) is 11.4. The zero-order valence-electron chi connectivity index (χ0n) is 10.6. The molecule has 1 aliphatic heterocycles. The predicted molar refractivity (Wildman–Crippen MR) is 73.5 cm³/mol. The van der Waals surface area contributed by atoms with Crippen molar-refractivity contribution in [3.05, 3.63) is 22.4 Å². The van der Waals surface area contributed by atoms with E-state index in [1.165, 1.54) is 17.7 Å². The van der Waals surface area contributed by atoms with Crippen LogP contribution in [0.5, 0.6) is 0 Å². The van der Waals surface area contributed by atoms with Crippen LogP contribution in [0.4, 0.5) is 0 Å². The first-order valence-corrected chi connectivity index (χ1v) is 7.71. The third-order valence-electron chi connectivity index (χ3n) is 4.32. The van der Waals surface area contributed by atoms with Gasteiger partial charge in [0.2, 0.25) is 5.91 Å². The van der Waals surface area contributed by atoms with Gasteiger partial charge in [-0.2, -0.15) is 0 Å². The fourth-order valence-electron chi connectivity index (χ4n) is 3.18. The Morgan fingerprint density at radius 3 is 2.83 bits per heavy atom. The fraction of sp³-hybridized carbons (Fsp3) is 0.643. The van der Waals surface area contributed by atoms with Crippen LogP contribution in [-0.4, -0.2) is 17.5 Å². The molecule has 1 saturated heterocycles. The Kier molecular flexibility index (Phi) is 3.39. The van der Waals surface area contributed by atoms with Gasteiger partial charge >= 0.3 is 0 Å². The van der Waals surface area contributed by atoms with E-state index in [1.54, 1.807) is 0 Å². The molecule has 1 saturated carbocycles. The summed E-state index contributed by atoms with van der Waals surface area (Å²) in [5, 5.41) is 8.96. The standard InChI is InChI=1S/C14H20N2OS/c17-13-5-8-14(16-13)6-3-11(4-7-14)15-10-12-2-1-9-18-12/h1-2,9,11,15H,3-8,10H2,(H,16,17). The minimum absolute atomic E-state index is 0.151. The number of hydrogen-bond donors (Lipinski definition) is 2. The predicted octanol–water partition coefficient (Wildman–Crippen LogP) is 2.43. The highest BCUT2D eigenvalue weighted by Crippen LogP contribution is 2.35. The van der Waals surface area contributed by atoms with Crippen LogP contribution in [0.25, 0.3) is 0 Å². The molecule has 3 nitrogen and oxygen atoms in total. The first kappa shape index (κ1) is 12.2. The molecule has 1 amide bonds. The summed E-state index contributed by atoms with van der Waals surface area (Å²) in [6.07, 6.45) is 6.43. The molecule has 1 aromatic rings. The minimum Gasteiger partial charge on any atom is -0.351 e. The number of nitrogens with one attached hydrogen (secondary N) is 2. The van der Waals surface area contributed by atoms with Crippen LogP contribution in [-0.2, 0) is 11.3 Å². The lowest BCUT2D eigenvalue weighted by atomic mass is 9.78. The average Bonchev–Trinajstić information content (AvgIpc) is 3.00. The molecule has 18 heavy (non-hydrogen) atoms. The van der Waals surface area contributed by atoms with Gasteiger partial charge in [-0.05, 0) is 43.6 Å². The molecule has 2 N–H and O–H groups in total. The summed E-state index contributed by atoms with van der Waals surface area (Å²) in [6.45, 7) is 0.988. The summed E-state index contributed by atoms with van der Waals surface area (Å²) in [5.41, 5.74) is 0.151. The van der Waals surface area contributed by atoms with Gasteiger partial charge in [-0.1, -0.05) is 6.07 Å². The van der Waals surface area contributed by atoms with E-state index in [-0.39, 0.29) is 11.4 Å². The molecule has 98 valence electrons. The molecule has 0 atom stereocenters. The smallest absolute Gasteiger partial charge is 0.220 e.